The SMILES string of the molecule is COC(=O)C(C)(C)CNCC1CCCC1. The second-order valence-corrected chi connectivity index (χ2v) is 5.16. The molecule has 1 aliphatic rings. The van der Waals surface area contributed by atoms with Gasteiger partial charge in [-0.2, -0.15) is 0 Å². The smallest absolute Gasteiger partial charge is 0.312 e. The van der Waals surface area contributed by atoms with Gasteiger partial charge in [0.15, 0.2) is 0 Å². The number of nitrogens with one attached hydrogen (secondary N) is 1. The van der Waals surface area contributed by atoms with Crippen LogP contribution in [-0.2, 0) is 9.53 Å². The molecule has 1 rings (SSSR count). The molecule has 1 aliphatic carbocycles. The monoisotopic (exact) mass is 213 g/mol. The molecule has 15 heavy (non-hydrogen) atoms. The highest BCUT2D eigenvalue weighted by atomic mass is 16.5. The van der Waals surface area contributed by atoms with Gasteiger partial charge in [0.05, 0.1) is 12.5 Å². The summed E-state index contributed by atoms with van der Waals surface area (Å²) in [6, 6.07) is 0. The zero-order valence-electron chi connectivity index (χ0n) is 10.1. The molecular formula is C12H23NO2. The second-order valence-electron chi connectivity index (χ2n) is 5.16. The molecule has 0 radical (unpaired) electrons. The van der Waals surface area contributed by atoms with Crippen LogP contribution in [0.1, 0.15) is 39.5 Å². The number of ether oxygens (including phenoxy) is 1. The summed E-state index contributed by atoms with van der Waals surface area (Å²) in [4.78, 5) is 11.4. The lowest BCUT2D eigenvalue weighted by atomic mass is 9.93. The molecular weight excluding hydrogens is 190 g/mol. The van der Waals surface area contributed by atoms with E-state index in [9.17, 15) is 4.79 Å². The molecule has 0 aromatic rings. The van der Waals surface area contributed by atoms with E-state index in [0.717, 1.165) is 12.5 Å². The van der Waals surface area contributed by atoms with Crippen molar-refractivity contribution in [2.75, 3.05) is 20.2 Å². The van der Waals surface area contributed by atoms with Gasteiger partial charge >= 0.3 is 5.97 Å². The number of carbonyl (C=O) groups excluding carboxylic acids is 1. The molecule has 0 unspecified atom stereocenters. The van der Waals surface area contributed by atoms with Gasteiger partial charge in [0.25, 0.3) is 0 Å². The van der Waals surface area contributed by atoms with Crippen LogP contribution in [0.2, 0.25) is 0 Å². The largest absolute Gasteiger partial charge is 0.469 e. The highest BCUT2D eigenvalue weighted by Crippen LogP contribution is 2.24. The summed E-state index contributed by atoms with van der Waals surface area (Å²) in [6.07, 6.45) is 5.41. The first kappa shape index (κ1) is 12.5. The molecule has 1 saturated carbocycles. The molecule has 0 aromatic carbocycles. The number of esters is 1. The highest BCUT2D eigenvalue weighted by Gasteiger charge is 2.28. The van der Waals surface area contributed by atoms with Crippen molar-refractivity contribution in [3.63, 3.8) is 0 Å². The van der Waals surface area contributed by atoms with Gasteiger partial charge in [0.1, 0.15) is 0 Å². The van der Waals surface area contributed by atoms with Gasteiger partial charge in [-0.3, -0.25) is 4.79 Å². The van der Waals surface area contributed by atoms with Gasteiger partial charge < -0.3 is 10.1 Å². The predicted molar refractivity (Wildman–Crippen MR) is 60.6 cm³/mol. The van der Waals surface area contributed by atoms with Gasteiger partial charge in [0, 0.05) is 6.54 Å². The van der Waals surface area contributed by atoms with Gasteiger partial charge in [0.2, 0.25) is 0 Å². The van der Waals surface area contributed by atoms with Crippen LogP contribution in [0.5, 0.6) is 0 Å². The number of hydrogen-bond donors (Lipinski definition) is 1. The molecule has 88 valence electrons. The summed E-state index contributed by atoms with van der Waals surface area (Å²) in [5.41, 5.74) is -0.409. The fourth-order valence-corrected chi connectivity index (χ4v) is 2.15. The fourth-order valence-electron chi connectivity index (χ4n) is 2.15. The second kappa shape index (κ2) is 5.50. The molecule has 0 bridgehead atoms. The Morgan fingerprint density at radius 2 is 2.00 bits per heavy atom. The van der Waals surface area contributed by atoms with Gasteiger partial charge in [-0.25, -0.2) is 0 Å². The number of rotatable bonds is 5. The number of hydrogen-bond acceptors (Lipinski definition) is 3. The summed E-state index contributed by atoms with van der Waals surface area (Å²) >= 11 is 0. The summed E-state index contributed by atoms with van der Waals surface area (Å²) < 4.78 is 4.76. The maximum Gasteiger partial charge on any atom is 0.312 e. The van der Waals surface area contributed by atoms with Crippen LogP contribution in [0.25, 0.3) is 0 Å². The van der Waals surface area contributed by atoms with E-state index in [1.165, 1.54) is 32.8 Å². The maximum absolute atomic E-state index is 11.4. The van der Waals surface area contributed by atoms with Crippen molar-refractivity contribution in [1.29, 1.82) is 0 Å². The Kier molecular flexibility index (Phi) is 4.58. The first-order valence-corrected chi connectivity index (χ1v) is 5.85. The summed E-state index contributed by atoms with van der Waals surface area (Å²) in [5.74, 6) is 0.680. The van der Waals surface area contributed by atoms with E-state index in [0.29, 0.717) is 6.54 Å². The van der Waals surface area contributed by atoms with Gasteiger partial charge in [-0.15, -0.1) is 0 Å². The molecule has 1 fully saturated rings. The van der Waals surface area contributed by atoms with Crippen LogP contribution in [0.15, 0.2) is 0 Å². The fraction of sp³-hybridized carbons (Fsp3) is 0.917. The average Bonchev–Trinajstić information content (AvgIpc) is 2.69. The molecule has 0 spiro atoms. The standard InChI is InChI=1S/C12H23NO2/c1-12(2,11(14)15-3)9-13-8-10-6-4-5-7-10/h10,13H,4-9H2,1-3H3. The van der Waals surface area contributed by atoms with E-state index >= 15 is 0 Å². The Morgan fingerprint density at radius 1 is 1.40 bits per heavy atom. The number of methoxy groups -OCH3 is 1. The van der Waals surface area contributed by atoms with E-state index in [1.54, 1.807) is 0 Å². The highest BCUT2D eigenvalue weighted by molar-refractivity contribution is 5.76. The Balaban J connectivity index is 2.20. The van der Waals surface area contributed by atoms with Gasteiger partial charge in [-0.1, -0.05) is 12.8 Å². The lowest BCUT2D eigenvalue weighted by Gasteiger charge is -2.22. The van der Waals surface area contributed by atoms with Gasteiger partial charge in [-0.05, 0) is 39.2 Å². The first-order chi connectivity index (χ1) is 7.06. The van der Waals surface area contributed by atoms with Crippen molar-refractivity contribution in [3.8, 4) is 0 Å². The third-order valence-electron chi connectivity index (χ3n) is 3.21. The van der Waals surface area contributed by atoms with E-state index in [4.69, 9.17) is 4.74 Å². The average molecular weight is 213 g/mol. The van der Waals surface area contributed by atoms with Crippen LogP contribution in [-0.4, -0.2) is 26.2 Å². The van der Waals surface area contributed by atoms with E-state index in [-0.39, 0.29) is 5.97 Å². The molecule has 3 nitrogen and oxygen atoms in total. The molecule has 0 saturated heterocycles. The van der Waals surface area contributed by atoms with Crippen LogP contribution in [0, 0.1) is 11.3 Å². The molecule has 1 N–H and O–H groups in total. The van der Waals surface area contributed by atoms with E-state index < -0.39 is 5.41 Å². The lowest BCUT2D eigenvalue weighted by molar-refractivity contribution is -0.150. The minimum Gasteiger partial charge on any atom is -0.469 e. The summed E-state index contributed by atoms with van der Waals surface area (Å²) in [5, 5.41) is 3.38. The Bertz CT molecular complexity index is 208. The third-order valence-corrected chi connectivity index (χ3v) is 3.21. The molecule has 0 aliphatic heterocycles. The van der Waals surface area contributed by atoms with Crippen LogP contribution < -0.4 is 5.32 Å². The third kappa shape index (κ3) is 3.82. The molecule has 0 aromatic heterocycles. The maximum atomic E-state index is 11.4. The molecule has 0 heterocycles. The Labute approximate surface area is 92.6 Å². The van der Waals surface area contributed by atoms with Crippen molar-refractivity contribution in [2.45, 2.75) is 39.5 Å². The zero-order valence-corrected chi connectivity index (χ0v) is 10.1. The van der Waals surface area contributed by atoms with Crippen LogP contribution in [0.4, 0.5) is 0 Å². The Morgan fingerprint density at radius 3 is 2.53 bits per heavy atom. The summed E-state index contributed by atoms with van der Waals surface area (Å²) in [6.45, 7) is 5.58. The Hall–Kier alpha value is -0.570. The van der Waals surface area contributed by atoms with Crippen molar-refractivity contribution < 1.29 is 9.53 Å². The predicted octanol–water partition coefficient (Wildman–Crippen LogP) is 1.97. The van der Waals surface area contributed by atoms with Crippen molar-refractivity contribution in [3.05, 3.63) is 0 Å². The van der Waals surface area contributed by atoms with Crippen LogP contribution in [0.3, 0.4) is 0 Å². The number of carbonyl (C=O) groups is 1. The van der Waals surface area contributed by atoms with Crippen molar-refractivity contribution in [2.24, 2.45) is 11.3 Å². The van der Waals surface area contributed by atoms with Crippen molar-refractivity contribution >= 4 is 5.97 Å². The normalized spacial score (nSPS) is 18.1. The minimum atomic E-state index is -0.409. The topological polar surface area (TPSA) is 38.3 Å². The lowest BCUT2D eigenvalue weighted by Crippen LogP contribution is -2.38. The van der Waals surface area contributed by atoms with Crippen LogP contribution >= 0.6 is 0 Å². The minimum absolute atomic E-state index is 0.138. The molecule has 0 amide bonds. The molecule has 0 atom stereocenters. The quantitative estimate of drug-likeness (QED) is 0.710. The molecule has 3 heteroatoms. The first-order valence-electron chi connectivity index (χ1n) is 5.85. The van der Waals surface area contributed by atoms with Crippen molar-refractivity contribution in [1.82, 2.24) is 5.32 Å². The zero-order chi connectivity index (χ0) is 11.3. The van der Waals surface area contributed by atoms with E-state index in [1.807, 2.05) is 13.8 Å². The van der Waals surface area contributed by atoms with E-state index in [2.05, 4.69) is 5.32 Å². The summed E-state index contributed by atoms with van der Waals surface area (Å²) in [7, 11) is 1.45.